The Bertz CT molecular complexity index is 952. The molecule has 0 saturated carbocycles. The molecule has 2 aromatic carbocycles. The number of aromatic nitrogens is 3. The summed E-state index contributed by atoms with van der Waals surface area (Å²) in [5, 5.41) is 8.15. The van der Waals surface area contributed by atoms with Crippen LogP contribution in [-0.2, 0) is 6.61 Å². The Balaban J connectivity index is 1.46. The Labute approximate surface area is 163 Å². The summed E-state index contributed by atoms with van der Waals surface area (Å²) in [6.07, 6.45) is 1.04. The highest BCUT2D eigenvalue weighted by Gasteiger charge is 2.25. The lowest BCUT2D eigenvalue weighted by Crippen LogP contribution is -2.16. The Morgan fingerprint density at radius 2 is 1.93 bits per heavy atom. The van der Waals surface area contributed by atoms with Crippen molar-refractivity contribution in [1.82, 2.24) is 20.1 Å². The summed E-state index contributed by atoms with van der Waals surface area (Å²) in [4.78, 5) is 4.81. The number of nitrogens with zero attached hydrogens (tertiary/aromatic N) is 3. The lowest BCUT2D eigenvalue weighted by Gasteiger charge is -2.19. The van der Waals surface area contributed by atoms with E-state index in [1.807, 2.05) is 53.2 Å². The number of benzene rings is 2. The Hall–Kier alpha value is -3.06. The van der Waals surface area contributed by atoms with E-state index in [4.69, 9.17) is 24.3 Å². The van der Waals surface area contributed by atoms with Crippen LogP contribution in [0.25, 0.3) is 5.69 Å². The Morgan fingerprint density at radius 3 is 2.75 bits per heavy atom. The number of fused-ring (bicyclic) bond motifs is 1. The number of hydrogen-bond donors (Lipinski definition) is 1. The van der Waals surface area contributed by atoms with Crippen molar-refractivity contribution in [2.75, 3.05) is 26.3 Å². The van der Waals surface area contributed by atoms with Crippen LogP contribution in [0.3, 0.4) is 0 Å². The largest absolute Gasteiger partial charge is 0.486 e. The minimum Gasteiger partial charge on any atom is -0.486 e. The fourth-order valence-electron chi connectivity index (χ4n) is 3.59. The van der Waals surface area contributed by atoms with Gasteiger partial charge in [0.05, 0.1) is 5.69 Å². The van der Waals surface area contributed by atoms with E-state index in [-0.39, 0.29) is 0 Å². The molecular formula is C21H22N4O3. The van der Waals surface area contributed by atoms with Gasteiger partial charge in [-0.3, -0.25) is 0 Å². The molecule has 2 aliphatic rings. The van der Waals surface area contributed by atoms with Crippen molar-refractivity contribution >= 4 is 0 Å². The molecule has 0 bridgehead atoms. The zero-order valence-corrected chi connectivity index (χ0v) is 15.5. The smallest absolute Gasteiger partial charge is 0.188 e. The molecule has 7 nitrogen and oxygen atoms in total. The first kappa shape index (κ1) is 17.1. The van der Waals surface area contributed by atoms with E-state index in [0.29, 0.717) is 31.6 Å². The molecule has 7 heteroatoms. The first-order valence-corrected chi connectivity index (χ1v) is 9.61. The molecule has 0 amide bonds. The highest BCUT2D eigenvalue weighted by Crippen LogP contribution is 2.33. The van der Waals surface area contributed by atoms with Crippen LogP contribution in [0.4, 0.5) is 0 Å². The third-order valence-corrected chi connectivity index (χ3v) is 4.98. The van der Waals surface area contributed by atoms with E-state index in [2.05, 4.69) is 5.32 Å². The molecule has 0 spiro atoms. The van der Waals surface area contributed by atoms with Gasteiger partial charge in [-0.2, -0.15) is 0 Å². The van der Waals surface area contributed by atoms with Gasteiger partial charge in [-0.25, -0.2) is 9.67 Å². The molecule has 28 heavy (non-hydrogen) atoms. The van der Waals surface area contributed by atoms with Crippen molar-refractivity contribution in [1.29, 1.82) is 0 Å². The quantitative estimate of drug-likeness (QED) is 0.736. The van der Waals surface area contributed by atoms with Crippen LogP contribution in [0.1, 0.15) is 24.0 Å². The summed E-state index contributed by atoms with van der Waals surface area (Å²) in [6, 6.07) is 15.6. The van der Waals surface area contributed by atoms with Crippen LogP contribution in [0.15, 0.2) is 48.5 Å². The topological polar surface area (TPSA) is 70.4 Å². The van der Waals surface area contributed by atoms with Crippen LogP contribution < -0.4 is 19.5 Å². The maximum absolute atomic E-state index is 5.85. The molecule has 1 fully saturated rings. The fraction of sp³-hybridized carbons (Fsp3) is 0.333. The van der Waals surface area contributed by atoms with Gasteiger partial charge in [0, 0.05) is 18.5 Å². The molecular weight excluding hydrogens is 356 g/mol. The third kappa shape index (κ3) is 3.41. The van der Waals surface area contributed by atoms with Crippen molar-refractivity contribution in [2.24, 2.45) is 0 Å². The molecule has 3 heterocycles. The van der Waals surface area contributed by atoms with E-state index in [0.717, 1.165) is 48.3 Å². The summed E-state index contributed by atoms with van der Waals surface area (Å²) in [7, 11) is 0. The molecule has 1 aromatic heterocycles. The number of hydrogen-bond acceptors (Lipinski definition) is 6. The average Bonchev–Trinajstić information content (AvgIpc) is 3.42. The minimum absolute atomic E-state index is 0.325. The zero-order chi connectivity index (χ0) is 18.8. The van der Waals surface area contributed by atoms with Crippen LogP contribution >= 0.6 is 0 Å². The second-order valence-corrected chi connectivity index (χ2v) is 6.92. The van der Waals surface area contributed by atoms with Crippen molar-refractivity contribution in [2.45, 2.75) is 18.9 Å². The van der Waals surface area contributed by atoms with E-state index in [1.165, 1.54) is 0 Å². The van der Waals surface area contributed by atoms with Crippen LogP contribution in [-0.4, -0.2) is 41.1 Å². The van der Waals surface area contributed by atoms with Gasteiger partial charge in [-0.15, -0.1) is 5.10 Å². The van der Waals surface area contributed by atoms with Crippen molar-refractivity contribution in [3.8, 4) is 22.9 Å². The fourth-order valence-corrected chi connectivity index (χ4v) is 3.59. The number of ether oxygens (including phenoxy) is 3. The van der Waals surface area contributed by atoms with Gasteiger partial charge in [0.1, 0.15) is 31.4 Å². The monoisotopic (exact) mass is 378 g/mol. The summed E-state index contributed by atoms with van der Waals surface area (Å²) < 4.78 is 19.1. The summed E-state index contributed by atoms with van der Waals surface area (Å²) in [5.41, 5.74) is 0.921. The highest BCUT2D eigenvalue weighted by atomic mass is 16.6. The summed E-state index contributed by atoms with van der Waals surface area (Å²) in [6.45, 7) is 3.37. The SMILES string of the molecule is c1ccc(OCc2nc(C3CCNC3)n(-c3ccc4c(c3)OCCO4)n2)cc1. The summed E-state index contributed by atoms with van der Waals surface area (Å²) >= 11 is 0. The lowest BCUT2D eigenvalue weighted by molar-refractivity contribution is 0.171. The van der Waals surface area contributed by atoms with Gasteiger partial charge in [0.15, 0.2) is 17.3 Å². The van der Waals surface area contributed by atoms with Crippen LogP contribution in [0.2, 0.25) is 0 Å². The molecule has 1 N–H and O–H groups in total. The van der Waals surface area contributed by atoms with Gasteiger partial charge in [0.25, 0.3) is 0 Å². The first-order valence-electron chi connectivity index (χ1n) is 9.61. The molecule has 3 aromatic rings. The molecule has 5 rings (SSSR count). The van der Waals surface area contributed by atoms with Gasteiger partial charge >= 0.3 is 0 Å². The number of para-hydroxylation sites is 1. The van der Waals surface area contributed by atoms with Crippen LogP contribution in [0.5, 0.6) is 17.2 Å². The Morgan fingerprint density at radius 1 is 1.07 bits per heavy atom. The predicted octanol–water partition coefficient (Wildman–Crippen LogP) is 2.69. The molecule has 0 aliphatic carbocycles. The standard InChI is InChI=1S/C21H22N4O3/c1-2-4-17(5-3-1)28-14-20-23-21(15-8-9-22-13-15)25(24-20)16-6-7-18-19(12-16)27-11-10-26-18/h1-7,12,15,22H,8-11,13-14H2. The normalized spacial score (nSPS) is 18.2. The highest BCUT2D eigenvalue weighted by molar-refractivity contribution is 5.49. The molecule has 1 unspecified atom stereocenters. The van der Waals surface area contributed by atoms with Crippen molar-refractivity contribution in [3.05, 3.63) is 60.2 Å². The third-order valence-electron chi connectivity index (χ3n) is 4.98. The van der Waals surface area contributed by atoms with Crippen molar-refractivity contribution in [3.63, 3.8) is 0 Å². The maximum Gasteiger partial charge on any atom is 0.188 e. The second kappa shape index (κ2) is 7.52. The second-order valence-electron chi connectivity index (χ2n) is 6.92. The number of rotatable bonds is 5. The van der Waals surface area contributed by atoms with E-state index < -0.39 is 0 Å². The maximum atomic E-state index is 5.85. The molecule has 1 saturated heterocycles. The van der Waals surface area contributed by atoms with E-state index >= 15 is 0 Å². The molecule has 0 radical (unpaired) electrons. The van der Waals surface area contributed by atoms with Crippen molar-refractivity contribution < 1.29 is 14.2 Å². The van der Waals surface area contributed by atoms with E-state index in [9.17, 15) is 0 Å². The first-order chi connectivity index (χ1) is 13.9. The molecule has 144 valence electrons. The Kier molecular flexibility index (Phi) is 4.58. The summed E-state index contributed by atoms with van der Waals surface area (Å²) in [5.74, 6) is 4.27. The van der Waals surface area contributed by atoms with Gasteiger partial charge in [-0.1, -0.05) is 18.2 Å². The molecule has 1 atom stereocenters. The van der Waals surface area contributed by atoms with Crippen LogP contribution in [0, 0.1) is 0 Å². The molecule has 2 aliphatic heterocycles. The van der Waals surface area contributed by atoms with Gasteiger partial charge < -0.3 is 19.5 Å². The lowest BCUT2D eigenvalue weighted by atomic mass is 10.1. The van der Waals surface area contributed by atoms with E-state index in [1.54, 1.807) is 0 Å². The van der Waals surface area contributed by atoms with Gasteiger partial charge in [0.2, 0.25) is 0 Å². The number of nitrogens with one attached hydrogen (secondary N) is 1. The zero-order valence-electron chi connectivity index (χ0n) is 15.5. The average molecular weight is 378 g/mol. The predicted molar refractivity (Wildman–Crippen MR) is 103 cm³/mol. The minimum atomic E-state index is 0.325. The van der Waals surface area contributed by atoms with Gasteiger partial charge in [-0.05, 0) is 37.2 Å².